The van der Waals surface area contributed by atoms with Gasteiger partial charge in [0.1, 0.15) is 0 Å². The lowest BCUT2D eigenvalue weighted by molar-refractivity contribution is 0.0781. The fourth-order valence-electron chi connectivity index (χ4n) is 9.20. The Hall–Kier alpha value is -5.18. The van der Waals surface area contributed by atoms with E-state index in [0.717, 1.165) is 40.0 Å². The number of nitrogens with zero attached hydrogens (tertiary/aromatic N) is 4. The molecule has 2 saturated carbocycles. The van der Waals surface area contributed by atoms with E-state index in [2.05, 4.69) is 80.6 Å². The van der Waals surface area contributed by atoms with Crippen molar-refractivity contribution in [3.8, 4) is 51.4 Å². The summed E-state index contributed by atoms with van der Waals surface area (Å²) in [5.41, 5.74) is 7.59. The molecule has 5 heteroatoms. The summed E-state index contributed by atoms with van der Waals surface area (Å²) in [7, 11) is 0. The van der Waals surface area contributed by atoms with Crippen molar-refractivity contribution in [2.75, 3.05) is 0 Å². The molecule has 2 aromatic heterocycles. The Morgan fingerprint density at radius 3 is 1.72 bits per heavy atom. The quantitative estimate of drug-likeness (QED) is 0.183. The molecule has 4 nitrogen and oxygen atoms in total. The summed E-state index contributed by atoms with van der Waals surface area (Å²) in [4.78, 5) is 14.6. The Balaban J connectivity index is 1.04. The largest absolute Gasteiger partial charge is 0.208 e. The van der Waals surface area contributed by atoms with Crippen molar-refractivity contribution >= 4 is 31.5 Å². The van der Waals surface area contributed by atoms with Crippen molar-refractivity contribution in [2.24, 2.45) is 17.8 Å². The van der Waals surface area contributed by atoms with E-state index in [-0.39, 0.29) is 0 Å². The van der Waals surface area contributed by atoms with E-state index < -0.39 is 0 Å². The van der Waals surface area contributed by atoms with Crippen LogP contribution in [0.3, 0.4) is 0 Å². The molecular formula is C45H38N4S. The normalized spacial score (nSPS) is 21.7. The Kier molecular flexibility index (Phi) is 7.59. The van der Waals surface area contributed by atoms with Gasteiger partial charge in [-0.3, -0.25) is 0 Å². The van der Waals surface area contributed by atoms with E-state index in [1.807, 2.05) is 53.8 Å². The second-order valence-electron chi connectivity index (χ2n) is 14.9. The highest BCUT2D eigenvalue weighted by Gasteiger charge is 2.45. The van der Waals surface area contributed by atoms with Gasteiger partial charge in [0.15, 0.2) is 17.5 Å². The van der Waals surface area contributed by atoms with E-state index in [4.69, 9.17) is 15.0 Å². The summed E-state index contributed by atoms with van der Waals surface area (Å²) >= 11 is 1.93. The number of benzene rings is 5. The molecule has 2 heterocycles. The molecule has 50 heavy (non-hydrogen) atoms. The van der Waals surface area contributed by atoms with Crippen molar-refractivity contribution in [3.05, 3.63) is 126 Å². The van der Waals surface area contributed by atoms with Gasteiger partial charge in [0, 0.05) is 36.9 Å². The number of hydrogen-bond donors (Lipinski definition) is 0. The fraction of sp³-hybridized carbons (Fsp3) is 0.244. The molecule has 9 rings (SSSR count). The number of nitriles is 1. The Morgan fingerprint density at radius 2 is 1.10 bits per heavy atom. The monoisotopic (exact) mass is 666 g/mol. The van der Waals surface area contributed by atoms with Gasteiger partial charge in [0.25, 0.3) is 0 Å². The molecule has 0 radical (unpaired) electrons. The molecule has 2 aliphatic rings. The lowest BCUT2D eigenvalue weighted by atomic mass is 9.54. The molecule has 1 unspecified atom stereocenters. The van der Waals surface area contributed by atoms with Gasteiger partial charge in [0.2, 0.25) is 0 Å². The highest BCUT2D eigenvalue weighted by molar-refractivity contribution is 7.25. The molecule has 2 fully saturated rings. The van der Waals surface area contributed by atoms with Gasteiger partial charge in [-0.25, -0.2) is 15.0 Å². The van der Waals surface area contributed by atoms with Crippen molar-refractivity contribution < 1.29 is 0 Å². The van der Waals surface area contributed by atoms with E-state index in [1.165, 1.54) is 57.8 Å². The molecule has 0 amide bonds. The highest BCUT2D eigenvalue weighted by atomic mass is 32.1. The van der Waals surface area contributed by atoms with Crippen LogP contribution in [-0.4, -0.2) is 15.0 Å². The van der Waals surface area contributed by atoms with Gasteiger partial charge in [-0.15, -0.1) is 11.3 Å². The maximum atomic E-state index is 9.28. The van der Waals surface area contributed by atoms with Gasteiger partial charge in [-0.1, -0.05) is 92.7 Å². The van der Waals surface area contributed by atoms with Crippen LogP contribution in [0.5, 0.6) is 0 Å². The third-order valence-electron chi connectivity index (χ3n) is 11.1. The number of rotatable bonds is 5. The predicted molar refractivity (Wildman–Crippen MR) is 206 cm³/mol. The van der Waals surface area contributed by atoms with Crippen LogP contribution < -0.4 is 0 Å². The zero-order valence-corrected chi connectivity index (χ0v) is 29.3. The summed E-state index contributed by atoms with van der Waals surface area (Å²) in [6.07, 6.45) is 6.85. The van der Waals surface area contributed by atoms with Gasteiger partial charge in [-0.05, 0) is 108 Å². The second-order valence-corrected chi connectivity index (χ2v) is 16.0. The van der Waals surface area contributed by atoms with Crippen molar-refractivity contribution in [1.82, 2.24) is 15.0 Å². The zero-order valence-electron chi connectivity index (χ0n) is 28.4. The van der Waals surface area contributed by atoms with Crippen LogP contribution >= 0.6 is 11.3 Å². The van der Waals surface area contributed by atoms with Crippen LogP contribution in [0.15, 0.2) is 115 Å². The minimum absolute atomic E-state index is 0.348. The average Bonchev–Trinajstić information content (AvgIpc) is 3.52. The molecule has 0 saturated heterocycles. The van der Waals surface area contributed by atoms with E-state index in [1.54, 1.807) is 17.7 Å². The Labute approximate surface area is 297 Å². The maximum Gasteiger partial charge on any atom is 0.164 e. The topological polar surface area (TPSA) is 62.5 Å². The van der Waals surface area contributed by atoms with Crippen LogP contribution in [0.1, 0.15) is 57.1 Å². The van der Waals surface area contributed by atoms with Crippen molar-refractivity contribution in [3.63, 3.8) is 0 Å². The molecule has 7 aromatic rings. The first kappa shape index (κ1) is 30.8. The van der Waals surface area contributed by atoms with Gasteiger partial charge >= 0.3 is 0 Å². The third-order valence-corrected chi connectivity index (χ3v) is 12.2. The molecule has 4 atom stereocenters. The highest BCUT2D eigenvalue weighted by Crippen LogP contribution is 2.54. The van der Waals surface area contributed by atoms with Crippen molar-refractivity contribution in [2.45, 2.75) is 51.4 Å². The number of thiophene rings is 1. The molecule has 2 bridgehead atoms. The molecule has 244 valence electrons. The minimum atomic E-state index is 0.348. The van der Waals surface area contributed by atoms with Gasteiger partial charge in [0.05, 0.1) is 11.6 Å². The summed E-state index contributed by atoms with van der Waals surface area (Å²) in [6.45, 7) is 4.95. The summed E-state index contributed by atoms with van der Waals surface area (Å²) in [5, 5.41) is 12.0. The summed E-state index contributed by atoms with van der Waals surface area (Å²) < 4.78 is 2.75. The first-order chi connectivity index (χ1) is 24.4. The maximum absolute atomic E-state index is 9.28. The minimum Gasteiger partial charge on any atom is -0.208 e. The summed E-state index contributed by atoms with van der Waals surface area (Å²) in [6, 6.07) is 42.4. The van der Waals surface area contributed by atoms with Gasteiger partial charge < -0.3 is 0 Å². The fourth-order valence-corrected chi connectivity index (χ4v) is 10.4. The molecule has 0 N–H and O–H groups in total. The van der Waals surface area contributed by atoms with Crippen LogP contribution in [-0.2, 0) is 5.41 Å². The smallest absolute Gasteiger partial charge is 0.164 e. The number of fused-ring (bicyclic) bond motifs is 5. The molecule has 0 aliphatic heterocycles. The van der Waals surface area contributed by atoms with Crippen LogP contribution in [0.4, 0.5) is 0 Å². The average molecular weight is 667 g/mol. The second kappa shape index (κ2) is 12.3. The number of hydrogen-bond acceptors (Lipinski definition) is 5. The standard InChI is InChI=1S/C45H38N4S/c1-28-20-31-21-29(2)25-45(24-28,26-31)37-17-19-39-38-18-16-36(22-40(38)50-41(39)23-37)32-12-14-35(15-13-32)44-48-42(33-6-4-3-5-7-33)47-43(49-44)34-10-8-30(27-46)9-11-34/h3-19,22-23,28-29,31H,20-21,24-26H2,1-2H3/t28-,29+,31-,45?. The van der Waals surface area contributed by atoms with Crippen molar-refractivity contribution in [1.29, 1.82) is 5.26 Å². The zero-order chi connectivity index (χ0) is 33.8. The number of aromatic nitrogens is 3. The summed E-state index contributed by atoms with van der Waals surface area (Å²) in [5.74, 6) is 4.33. The van der Waals surface area contributed by atoms with Gasteiger partial charge in [-0.2, -0.15) is 5.26 Å². The lowest BCUT2D eigenvalue weighted by Crippen LogP contribution is -2.42. The van der Waals surface area contributed by atoms with Crippen LogP contribution in [0.25, 0.3) is 65.5 Å². The molecular weight excluding hydrogens is 629 g/mol. The van der Waals surface area contributed by atoms with E-state index in [9.17, 15) is 5.26 Å². The molecule has 5 aromatic carbocycles. The lowest BCUT2D eigenvalue weighted by Gasteiger charge is -2.50. The first-order valence-corrected chi connectivity index (χ1v) is 18.6. The van der Waals surface area contributed by atoms with E-state index >= 15 is 0 Å². The predicted octanol–water partition coefficient (Wildman–Crippen LogP) is 11.9. The molecule has 2 aliphatic carbocycles. The van der Waals surface area contributed by atoms with E-state index in [0.29, 0.717) is 28.5 Å². The Morgan fingerprint density at radius 1 is 0.580 bits per heavy atom. The molecule has 0 spiro atoms. The third kappa shape index (κ3) is 5.58. The van der Waals surface area contributed by atoms with Crippen LogP contribution in [0.2, 0.25) is 0 Å². The Bertz CT molecular complexity index is 2380. The van der Waals surface area contributed by atoms with Crippen LogP contribution in [0, 0.1) is 29.1 Å². The first-order valence-electron chi connectivity index (χ1n) is 17.8. The SMILES string of the molecule is C[C@@H]1C[C@@H]2C[C@H](C)CC(c3ccc4c(c3)sc3cc(-c5ccc(-c6nc(-c7ccccc7)nc(-c7ccc(C#N)cc7)n6)cc5)ccc34)(C1)C2.